The second-order valence-corrected chi connectivity index (χ2v) is 7.53. The first-order chi connectivity index (χ1) is 11.3. The first kappa shape index (κ1) is 16.7. The van der Waals surface area contributed by atoms with Crippen LogP contribution in [0.4, 0.5) is 5.69 Å². The molecule has 1 aliphatic heterocycles. The van der Waals surface area contributed by atoms with Crippen molar-refractivity contribution in [3.05, 3.63) is 47.3 Å². The number of fused-ring (bicyclic) bond motifs is 1. The highest BCUT2D eigenvalue weighted by atomic mass is 16.1. The second-order valence-electron chi connectivity index (χ2n) is 7.53. The Bertz CT molecular complexity index is 742. The van der Waals surface area contributed by atoms with Gasteiger partial charge in [0.05, 0.1) is 11.7 Å². The summed E-state index contributed by atoms with van der Waals surface area (Å²) in [7, 11) is 0. The van der Waals surface area contributed by atoms with E-state index in [2.05, 4.69) is 61.8 Å². The molecule has 1 aliphatic rings. The minimum atomic E-state index is 0.00674. The predicted molar refractivity (Wildman–Crippen MR) is 95.9 cm³/mol. The molecule has 1 aromatic heterocycles. The van der Waals surface area contributed by atoms with E-state index in [-0.39, 0.29) is 17.5 Å². The van der Waals surface area contributed by atoms with Crippen LogP contribution < -0.4 is 10.6 Å². The molecule has 1 atom stereocenters. The van der Waals surface area contributed by atoms with Gasteiger partial charge in [0.2, 0.25) is 5.91 Å². The quantitative estimate of drug-likeness (QED) is 0.905. The Morgan fingerprint density at radius 1 is 1.33 bits per heavy atom. The fourth-order valence-corrected chi connectivity index (χ4v) is 2.88. The summed E-state index contributed by atoms with van der Waals surface area (Å²) in [5.41, 5.74) is 4.61. The molecule has 2 aromatic rings. The third-order valence-corrected chi connectivity index (χ3v) is 4.46. The lowest BCUT2D eigenvalue weighted by atomic mass is 9.98. The molecule has 0 aliphatic carbocycles. The Labute approximate surface area is 143 Å². The van der Waals surface area contributed by atoms with Gasteiger partial charge in [-0.3, -0.25) is 9.48 Å². The lowest BCUT2D eigenvalue weighted by Crippen LogP contribution is -2.22. The van der Waals surface area contributed by atoms with Gasteiger partial charge >= 0.3 is 0 Å². The zero-order valence-electron chi connectivity index (χ0n) is 14.9. The monoisotopic (exact) mass is 326 g/mol. The highest BCUT2D eigenvalue weighted by Gasteiger charge is 2.17. The molecular weight excluding hydrogens is 300 g/mol. The first-order valence-corrected chi connectivity index (χ1v) is 8.53. The van der Waals surface area contributed by atoms with E-state index in [4.69, 9.17) is 0 Å². The lowest BCUT2D eigenvalue weighted by Gasteiger charge is -2.20. The first-order valence-electron chi connectivity index (χ1n) is 8.53. The van der Waals surface area contributed by atoms with Crippen LogP contribution in [0.3, 0.4) is 0 Å². The third kappa shape index (κ3) is 3.67. The Morgan fingerprint density at radius 3 is 2.83 bits per heavy atom. The van der Waals surface area contributed by atoms with Gasteiger partial charge in [0, 0.05) is 36.5 Å². The van der Waals surface area contributed by atoms with Gasteiger partial charge in [-0.25, -0.2) is 0 Å². The molecule has 1 aromatic carbocycles. The Hall–Kier alpha value is -2.14. The number of benzene rings is 1. The summed E-state index contributed by atoms with van der Waals surface area (Å²) in [5, 5.41) is 10.9. The summed E-state index contributed by atoms with van der Waals surface area (Å²) < 4.78 is 2.00. The summed E-state index contributed by atoms with van der Waals surface area (Å²) in [6, 6.07) is 6.54. The molecule has 128 valence electrons. The topological polar surface area (TPSA) is 59.0 Å². The van der Waals surface area contributed by atoms with Crippen LogP contribution in [0.25, 0.3) is 0 Å². The molecule has 5 nitrogen and oxygen atoms in total. The maximum Gasteiger partial charge on any atom is 0.224 e. The van der Waals surface area contributed by atoms with Gasteiger partial charge in [0.15, 0.2) is 0 Å². The van der Waals surface area contributed by atoms with Gasteiger partial charge in [-0.2, -0.15) is 5.10 Å². The molecule has 5 heteroatoms. The van der Waals surface area contributed by atoms with Crippen LogP contribution in [0.1, 0.15) is 56.8 Å². The molecule has 2 heterocycles. The summed E-state index contributed by atoms with van der Waals surface area (Å²) >= 11 is 0. The Kier molecular flexibility index (Phi) is 4.45. The summed E-state index contributed by atoms with van der Waals surface area (Å²) in [6.07, 6.45) is 5.42. The van der Waals surface area contributed by atoms with Crippen LogP contribution >= 0.6 is 0 Å². The van der Waals surface area contributed by atoms with Crippen molar-refractivity contribution in [1.82, 2.24) is 15.1 Å². The van der Waals surface area contributed by atoms with Crippen LogP contribution in [0.2, 0.25) is 0 Å². The van der Waals surface area contributed by atoms with Crippen molar-refractivity contribution < 1.29 is 4.79 Å². The second kappa shape index (κ2) is 6.40. The summed E-state index contributed by atoms with van der Waals surface area (Å²) in [6.45, 7) is 9.38. The van der Waals surface area contributed by atoms with Crippen molar-refractivity contribution in [1.29, 1.82) is 0 Å². The van der Waals surface area contributed by atoms with Crippen molar-refractivity contribution in [3.8, 4) is 0 Å². The van der Waals surface area contributed by atoms with Crippen molar-refractivity contribution in [2.24, 2.45) is 0 Å². The summed E-state index contributed by atoms with van der Waals surface area (Å²) in [4.78, 5) is 11.4. The fraction of sp³-hybridized carbons (Fsp3) is 0.474. The number of nitrogens with one attached hydrogen (secondary N) is 2. The minimum absolute atomic E-state index is 0.00674. The highest BCUT2D eigenvalue weighted by molar-refractivity contribution is 5.93. The van der Waals surface area contributed by atoms with E-state index in [0.29, 0.717) is 6.42 Å². The van der Waals surface area contributed by atoms with Crippen LogP contribution in [-0.4, -0.2) is 15.7 Å². The smallest absolute Gasteiger partial charge is 0.224 e. The van der Waals surface area contributed by atoms with E-state index in [1.807, 2.05) is 16.9 Å². The number of hydrogen-bond donors (Lipinski definition) is 2. The largest absolute Gasteiger partial charge is 0.326 e. The number of nitrogens with zero attached hydrogens (tertiary/aromatic N) is 2. The van der Waals surface area contributed by atoms with Gasteiger partial charge in [-0.1, -0.05) is 12.1 Å². The number of hydrogen-bond acceptors (Lipinski definition) is 3. The van der Waals surface area contributed by atoms with E-state index in [9.17, 15) is 4.79 Å². The average molecular weight is 326 g/mol. The molecule has 0 bridgehead atoms. The number of rotatable bonds is 4. The van der Waals surface area contributed by atoms with Crippen molar-refractivity contribution in [2.75, 3.05) is 5.32 Å². The zero-order chi connectivity index (χ0) is 17.3. The van der Waals surface area contributed by atoms with E-state index in [1.165, 1.54) is 16.7 Å². The van der Waals surface area contributed by atoms with Crippen LogP contribution in [0.15, 0.2) is 30.6 Å². The van der Waals surface area contributed by atoms with E-state index in [0.717, 1.165) is 18.7 Å². The number of carbonyl (C=O) groups is 1. The predicted octanol–water partition coefficient (Wildman–Crippen LogP) is 3.37. The number of aromatic nitrogens is 2. The molecule has 0 unspecified atom stereocenters. The van der Waals surface area contributed by atoms with Crippen LogP contribution in [0.5, 0.6) is 0 Å². The number of carbonyl (C=O) groups excluding carboxylic acids is 1. The van der Waals surface area contributed by atoms with Crippen molar-refractivity contribution >= 4 is 11.6 Å². The number of anilines is 1. The molecule has 2 N–H and O–H groups in total. The molecule has 24 heavy (non-hydrogen) atoms. The normalized spacial score (nSPS) is 15.8. The molecule has 0 spiro atoms. The molecule has 0 saturated carbocycles. The van der Waals surface area contributed by atoms with E-state index in [1.54, 1.807) is 0 Å². The maximum absolute atomic E-state index is 11.4. The SMILES string of the molecule is C[C@H](NCc1cnn(C(C)(C)C)c1)c1ccc2c(c1)CCC(=O)N2. The van der Waals surface area contributed by atoms with Gasteiger partial charge in [0.1, 0.15) is 0 Å². The van der Waals surface area contributed by atoms with Crippen LogP contribution in [0, 0.1) is 0 Å². The van der Waals surface area contributed by atoms with E-state index >= 15 is 0 Å². The van der Waals surface area contributed by atoms with Crippen molar-refractivity contribution in [3.63, 3.8) is 0 Å². The standard InChI is InChI=1S/C19H26N4O/c1-13(20-10-14-11-21-23(12-14)19(2,3)4)15-5-7-17-16(9-15)6-8-18(24)22-17/h5,7,9,11-13,20H,6,8,10H2,1-4H3,(H,22,24)/t13-/m0/s1. The number of amides is 1. The van der Waals surface area contributed by atoms with Crippen molar-refractivity contribution in [2.45, 2.75) is 58.7 Å². The number of aryl methyl sites for hydroxylation is 1. The maximum atomic E-state index is 11.4. The van der Waals surface area contributed by atoms with Gasteiger partial charge in [-0.05, 0) is 51.3 Å². The molecule has 3 rings (SSSR count). The summed E-state index contributed by atoms with van der Waals surface area (Å²) in [5.74, 6) is 0.109. The zero-order valence-corrected chi connectivity index (χ0v) is 14.9. The average Bonchev–Trinajstić information content (AvgIpc) is 3.01. The molecule has 0 fully saturated rings. The molecule has 1 amide bonds. The van der Waals surface area contributed by atoms with Gasteiger partial charge < -0.3 is 10.6 Å². The molecule has 0 saturated heterocycles. The van der Waals surface area contributed by atoms with Gasteiger partial charge in [0.25, 0.3) is 0 Å². The van der Waals surface area contributed by atoms with Crippen LogP contribution in [-0.2, 0) is 23.3 Å². The van der Waals surface area contributed by atoms with Gasteiger partial charge in [-0.15, -0.1) is 0 Å². The minimum Gasteiger partial charge on any atom is -0.326 e. The molecular formula is C19H26N4O. The third-order valence-electron chi connectivity index (χ3n) is 4.46. The Balaban J connectivity index is 1.64. The molecule has 0 radical (unpaired) electrons. The lowest BCUT2D eigenvalue weighted by molar-refractivity contribution is -0.116. The Morgan fingerprint density at radius 2 is 2.12 bits per heavy atom. The highest BCUT2D eigenvalue weighted by Crippen LogP contribution is 2.26. The van der Waals surface area contributed by atoms with E-state index < -0.39 is 0 Å². The fourth-order valence-electron chi connectivity index (χ4n) is 2.88.